The maximum atomic E-state index is 4.46. The Bertz CT molecular complexity index is 682. The van der Waals surface area contributed by atoms with Gasteiger partial charge in [-0.05, 0) is 25.2 Å². The van der Waals surface area contributed by atoms with Crippen LogP contribution in [0.3, 0.4) is 0 Å². The third-order valence-corrected chi connectivity index (χ3v) is 3.35. The highest BCUT2D eigenvalue weighted by Crippen LogP contribution is 2.17. The molecule has 0 aliphatic heterocycles. The molecule has 3 rings (SSSR count). The molecular formula is C14H17N5. The molecule has 0 aliphatic carbocycles. The number of benzene rings is 1. The Morgan fingerprint density at radius 3 is 2.84 bits per heavy atom. The summed E-state index contributed by atoms with van der Waals surface area (Å²) in [5.41, 5.74) is 3.22. The molecule has 1 aromatic carbocycles. The van der Waals surface area contributed by atoms with Gasteiger partial charge in [0.15, 0.2) is 0 Å². The van der Waals surface area contributed by atoms with E-state index in [1.807, 2.05) is 55.6 Å². The van der Waals surface area contributed by atoms with Crippen LogP contribution in [-0.2, 0) is 13.6 Å². The van der Waals surface area contributed by atoms with Crippen LogP contribution in [0.25, 0.3) is 11.0 Å². The van der Waals surface area contributed by atoms with Crippen molar-refractivity contribution in [3.63, 3.8) is 0 Å². The zero-order chi connectivity index (χ0) is 13.2. The molecule has 0 saturated carbocycles. The Hall–Kier alpha value is -2.14. The summed E-state index contributed by atoms with van der Waals surface area (Å²) in [7, 11) is 3.89. The van der Waals surface area contributed by atoms with E-state index in [1.54, 1.807) is 0 Å². The normalized spacial score (nSPS) is 12.9. The first-order chi connectivity index (χ1) is 9.28. The number of nitrogens with zero attached hydrogens (tertiary/aromatic N) is 4. The van der Waals surface area contributed by atoms with E-state index in [0.29, 0.717) is 0 Å². The lowest BCUT2D eigenvalue weighted by atomic mass is 10.2. The van der Waals surface area contributed by atoms with Gasteiger partial charge in [0.1, 0.15) is 0 Å². The Labute approximate surface area is 111 Å². The average Bonchev–Trinajstić information content (AvgIpc) is 3.03. The molecule has 0 fully saturated rings. The largest absolute Gasteiger partial charge is 0.329 e. The number of aromatic nitrogens is 4. The first kappa shape index (κ1) is 11.9. The highest BCUT2D eigenvalue weighted by atomic mass is 15.3. The van der Waals surface area contributed by atoms with E-state index in [4.69, 9.17) is 0 Å². The standard InChI is InChI=1S/C14H17N5/c1-15-13(11-7-8-18(2)17-11)9-19-10-16-12-5-3-4-6-14(12)19/h3-8,10,13,15H,9H2,1-2H3. The molecule has 0 saturated heterocycles. The van der Waals surface area contributed by atoms with Gasteiger partial charge >= 0.3 is 0 Å². The van der Waals surface area contributed by atoms with Crippen molar-refractivity contribution in [3.8, 4) is 0 Å². The molecule has 0 spiro atoms. The van der Waals surface area contributed by atoms with Crippen LogP contribution in [0, 0.1) is 0 Å². The van der Waals surface area contributed by atoms with Gasteiger partial charge in [-0.25, -0.2) is 4.98 Å². The first-order valence-corrected chi connectivity index (χ1v) is 6.34. The third-order valence-electron chi connectivity index (χ3n) is 3.35. The number of aryl methyl sites for hydroxylation is 1. The molecule has 2 heterocycles. The number of likely N-dealkylation sites (N-methyl/N-ethyl adjacent to an activating group) is 1. The first-order valence-electron chi connectivity index (χ1n) is 6.34. The average molecular weight is 255 g/mol. The molecule has 1 atom stereocenters. The molecule has 5 heteroatoms. The molecule has 2 aromatic heterocycles. The second-order valence-corrected chi connectivity index (χ2v) is 4.64. The fourth-order valence-corrected chi connectivity index (χ4v) is 2.30. The van der Waals surface area contributed by atoms with E-state index >= 15 is 0 Å². The summed E-state index contributed by atoms with van der Waals surface area (Å²) in [6.45, 7) is 0.814. The molecule has 3 aromatic rings. The lowest BCUT2D eigenvalue weighted by molar-refractivity contribution is 0.491. The molecule has 0 bridgehead atoms. The predicted octanol–water partition coefficient (Wildman–Crippen LogP) is 1.73. The van der Waals surface area contributed by atoms with Crippen molar-refractivity contribution in [1.82, 2.24) is 24.6 Å². The lowest BCUT2D eigenvalue weighted by Gasteiger charge is -2.15. The van der Waals surface area contributed by atoms with Crippen molar-refractivity contribution in [2.24, 2.45) is 7.05 Å². The molecule has 0 aliphatic rings. The van der Waals surface area contributed by atoms with Crippen LogP contribution in [0.5, 0.6) is 0 Å². The summed E-state index contributed by atoms with van der Waals surface area (Å²) in [6, 6.07) is 10.4. The molecule has 5 nitrogen and oxygen atoms in total. The van der Waals surface area contributed by atoms with E-state index < -0.39 is 0 Å². The molecule has 19 heavy (non-hydrogen) atoms. The zero-order valence-electron chi connectivity index (χ0n) is 11.1. The van der Waals surface area contributed by atoms with Gasteiger partial charge in [0, 0.05) is 19.8 Å². The summed E-state index contributed by atoms with van der Waals surface area (Å²) in [4.78, 5) is 4.41. The number of nitrogens with one attached hydrogen (secondary N) is 1. The molecule has 0 radical (unpaired) electrons. The van der Waals surface area contributed by atoms with Gasteiger partial charge in [0.2, 0.25) is 0 Å². The highest BCUT2D eigenvalue weighted by Gasteiger charge is 2.14. The summed E-state index contributed by atoms with van der Waals surface area (Å²) in [5, 5.41) is 7.77. The van der Waals surface area contributed by atoms with Gasteiger partial charge < -0.3 is 9.88 Å². The predicted molar refractivity (Wildman–Crippen MR) is 74.7 cm³/mol. The van der Waals surface area contributed by atoms with Crippen molar-refractivity contribution >= 4 is 11.0 Å². The topological polar surface area (TPSA) is 47.7 Å². The van der Waals surface area contributed by atoms with Gasteiger partial charge in [0.05, 0.1) is 29.1 Å². The number of rotatable bonds is 4. The lowest BCUT2D eigenvalue weighted by Crippen LogP contribution is -2.22. The Kier molecular flexibility index (Phi) is 3.05. The molecule has 1 unspecified atom stereocenters. The number of fused-ring (bicyclic) bond motifs is 1. The van der Waals surface area contributed by atoms with Gasteiger partial charge in [-0.1, -0.05) is 12.1 Å². The van der Waals surface area contributed by atoms with Crippen molar-refractivity contribution in [1.29, 1.82) is 0 Å². The van der Waals surface area contributed by atoms with Crippen LogP contribution in [-0.4, -0.2) is 26.4 Å². The van der Waals surface area contributed by atoms with Crippen LogP contribution in [0.2, 0.25) is 0 Å². The van der Waals surface area contributed by atoms with E-state index in [1.165, 1.54) is 0 Å². The number of imidazole rings is 1. The van der Waals surface area contributed by atoms with Crippen molar-refractivity contribution in [2.75, 3.05) is 7.05 Å². The minimum Gasteiger partial charge on any atom is -0.329 e. The quantitative estimate of drug-likeness (QED) is 0.772. The van der Waals surface area contributed by atoms with Crippen LogP contribution in [0.1, 0.15) is 11.7 Å². The SMILES string of the molecule is CNC(Cn1cnc2ccccc21)c1ccn(C)n1. The van der Waals surface area contributed by atoms with Gasteiger partial charge in [-0.15, -0.1) is 0 Å². The fraction of sp³-hybridized carbons (Fsp3) is 0.286. The summed E-state index contributed by atoms with van der Waals surface area (Å²) >= 11 is 0. The third kappa shape index (κ3) is 2.24. The monoisotopic (exact) mass is 255 g/mol. The van der Waals surface area contributed by atoms with Crippen LogP contribution in [0.4, 0.5) is 0 Å². The van der Waals surface area contributed by atoms with Crippen molar-refractivity contribution in [2.45, 2.75) is 12.6 Å². The number of hydrogen-bond donors (Lipinski definition) is 1. The summed E-state index contributed by atoms with van der Waals surface area (Å²) in [5.74, 6) is 0. The summed E-state index contributed by atoms with van der Waals surface area (Å²) in [6.07, 6.45) is 3.85. The van der Waals surface area contributed by atoms with Crippen molar-refractivity contribution in [3.05, 3.63) is 48.5 Å². The second-order valence-electron chi connectivity index (χ2n) is 4.64. The smallest absolute Gasteiger partial charge is 0.0958 e. The minimum absolute atomic E-state index is 0.179. The number of hydrogen-bond acceptors (Lipinski definition) is 3. The highest BCUT2D eigenvalue weighted by molar-refractivity contribution is 5.74. The van der Waals surface area contributed by atoms with E-state index in [-0.39, 0.29) is 6.04 Å². The Balaban J connectivity index is 1.90. The van der Waals surface area contributed by atoms with Crippen LogP contribution >= 0.6 is 0 Å². The molecular weight excluding hydrogens is 238 g/mol. The maximum absolute atomic E-state index is 4.46. The molecule has 0 amide bonds. The van der Waals surface area contributed by atoms with Gasteiger partial charge in [-0.2, -0.15) is 5.10 Å². The Morgan fingerprint density at radius 1 is 1.26 bits per heavy atom. The maximum Gasteiger partial charge on any atom is 0.0958 e. The number of para-hydroxylation sites is 2. The van der Waals surface area contributed by atoms with Gasteiger partial charge in [-0.3, -0.25) is 4.68 Å². The van der Waals surface area contributed by atoms with E-state index in [9.17, 15) is 0 Å². The minimum atomic E-state index is 0.179. The van der Waals surface area contributed by atoms with E-state index in [0.717, 1.165) is 23.3 Å². The second kappa shape index (κ2) is 4.85. The summed E-state index contributed by atoms with van der Waals surface area (Å²) < 4.78 is 3.98. The van der Waals surface area contributed by atoms with Crippen molar-refractivity contribution < 1.29 is 0 Å². The van der Waals surface area contributed by atoms with Gasteiger partial charge in [0.25, 0.3) is 0 Å². The molecule has 1 N–H and O–H groups in total. The van der Waals surface area contributed by atoms with E-state index in [2.05, 4.69) is 26.0 Å². The zero-order valence-corrected chi connectivity index (χ0v) is 11.1. The van der Waals surface area contributed by atoms with Crippen LogP contribution in [0.15, 0.2) is 42.9 Å². The molecule has 98 valence electrons. The van der Waals surface area contributed by atoms with Crippen LogP contribution < -0.4 is 5.32 Å². The fourth-order valence-electron chi connectivity index (χ4n) is 2.30. The Morgan fingerprint density at radius 2 is 2.11 bits per heavy atom.